The van der Waals surface area contributed by atoms with Crippen molar-refractivity contribution in [3.63, 3.8) is 0 Å². The van der Waals surface area contributed by atoms with E-state index in [-0.39, 0.29) is 5.91 Å². The molecule has 5 heteroatoms. The third-order valence-corrected chi connectivity index (χ3v) is 4.28. The highest BCUT2D eigenvalue weighted by atomic mass is 16.5. The summed E-state index contributed by atoms with van der Waals surface area (Å²) >= 11 is 0. The van der Waals surface area contributed by atoms with E-state index >= 15 is 0 Å². The van der Waals surface area contributed by atoms with Gasteiger partial charge in [0.25, 0.3) is 0 Å². The van der Waals surface area contributed by atoms with Crippen LogP contribution in [0.2, 0.25) is 0 Å². The monoisotopic (exact) mass is 369 g/mol. The topological polar surface area (TPSA) is 67.0 Å². The normalized spacial score (nSPS) is 11.0. The molecule has 0 atom stereocenters. The van der Waals surface area contributed by atoms with Crippen molar-refractivity contribution in [1.29, 1.82) is 0 Å². The van der Waals surface area contributed by atoms with Crippen LogP contribution in [0, 0.1) is 0 Å². The quantitative estimate of drug-likeness (QED) is 0.480. The highest BCUT2D eigenvalue weighted by Crippen LogP contribution is 2.25. The molecule has 0 aliphatic carbocycles. The van der Waals surface area contributed by atoms with E-state index in [4.69, 9.17) is 4.74 Å². The number of carbonyl (C=O) groups excluding carboxylic acids is 1. The zero-order valence-corrected chi connectivity index (χ0v) is 15.1. The number of benzene rings is 3. The first-order chi connectivity index (χ1) is 13.8. The molecule has 28 heavy (non-hydrogen) atoms. The number of nitrogens with one attached hydrogen (secondary N) is 2. The van der Waals surface area contributed by atoms with E-state index in [2.05, 4.69) is 15.5 Å². The molecular formula is C23H19N3O2. The fourth-order valence-corrected chi connectivity index (χ4v) is 2.84. The Morgan fingerprint density at radius 1 is 1.04 bits per heavy atom. The van der Waals surface area contributed by atoms with Gasteiger partial charge in [-0.2, -0.15) is 5.10 Å². The minimum atomic E-state index is -0.222. The van der Waals surface area contributed by atoms with Crippen LogP contribution in [0.5, 0.6) is 5.75 Å². The molecule has 1 amide bonds. The Balaban J connectivity index is 1.42. The van der Waals surface area contributed by atoms with Crippen LogP contribution in [0.25, 0.3) is 17.0 Å². The maximum absolute atomic E-state index is 12.4. The number of ether oxygens (including phenoxy) is 1. The molecule has 0 saturated carbocycles. The number of anilines is 1. The number of hydrogen-bond acceptors (Lipinski definition) is 3. The van der Waals surface area contributed by atoms with Gasteiger partial charge in [-0.1, -0.05) is 54.6 Å². The van der Waals surface area contributed by atoms with Crippen molar-refractivity contribution in [3.8, 4) is 5.75 Å². The van der Waals surface area contributed by atoms with E-state index in [9.17, 15) is 4.79 Å². The molecule has 4 rings (SSSR count). The first-order valence-corrected chi connectivity index (χ1v) is 8.96. The van der Waals surface area contributed by atoms with Gasteiger partial charge in [0.2, 0.25) is 5.91 Å². The number of nitrogens with zero attached hydrogens (tertiary/aromatic N) is 1. The summed E-state index contributed by atoms with van der Waals surface area (Å²) in [4.78, 5) is 12.4. The number of aromatic amines is 1. The van der Waals surface area contributed by atoms with E-state index in [0.717, 1.165) is 22.0 Å². The van der Waals surface area contributed by atoms with Crippen LogP contribution < -0.4 is 10.1 Å². The molecule has 0 aliphatic heterocycles. The van der Waals surface area contributed by atoms with Gasteiger partial charge >= 0.3 is 0 Å². The number of para-hydroxylation sites is 2. The summed E-state index contributed by atoms with van der Waals surface area (Å²) in [6.45, 7) is 0.438. The lowest BCUT2D eigenvalue weighted by Crippen LogP contribution is -2.09. The maximum Gasteiger partial charge on any atom is 0.248 e. The van der Waals surface area contributed by atoms with Crippen LogP contribution in [0.1, 0.15) is 11.1 Å². The molecule has 0 radical (unpaired) electrons. The van der Waals surface area contributed by atoms with Crippen molar-refractivity contribution in [1.82, 2.24) is 10.2 Å². The van der Waals surface area contributed by atoms with Crippen molar-refractivity contribution in [2.75, 3.05) is 5.32 Å². The minimum Gasteiger partial charge on any atom is -0.487 e. The molecule has 3 aromatic carbocycles. The van der Waals surface area contributed by atoms with Crippen molar-refractivity contribution in [3.05, 3.63) is 96.2 Å². The van der Waals surface area contributed by atoms with E-state index in [1.807, 2.05) is 72.8 Å². The van der Waals surface area contributed by atoms with E-state index < -0.39 is 0 Å². The molecule has 0 saturated heterocycles. The van der Waals surface area contributed by atoms with Gasteiger partial charge in [-0.15, -0.1) is 0 Å². The van der Waals surface area contributed by atoms with Gasteiger partial charge in [0.1, 0.15) is 12.4 Å². The van der Waals surface area contributed by atoms with Crippen LogP contribution in [0.3, 0.4) is 0 Å². The molecule has 1 heterocycles. The molecular weight excluding hydrogens is 350 g/mol. The lowest BCUT2D eigenvalue weighted by atomic mass is 10.1. The summed E-state index contributed by atoms with van der Waals surface area (Å²) in [6, 6.07) is 23.2. The third kappa shape index (κ3) is 4.27. The Bertz CT molecular complexity index is 1120. The Morgan fingerprint density at radius 3 is 2.75 bits per heavy atom. The number of fused-ring (bicyclic) bond motifs is 1. The van der Waals surface area contributed by atoms with Gasteiger partial charge in [0, 0.05) is 11.5 Å². The van der Waals surface area contributed by atoms with Crippen molar-refractivity contribution < 1.29 is 9.53 Å². The Hall–Kier alpha value is -3.86. The second-order valence-electron chi connectivity index (χ2n) is 6.31. The Kier molecular flexibility index (Phi) is 5.15. The number of amides is 1. The fraction of sp³-hybridized carbons (Fsp3) is 0.0435. The van der Waals surface area contributed by atoms with Crippen LogP contribution in [-0.2, 0) is 11.4 Å². The summed E-state index contributed by atoms with van der Waals surface area (Å²) < 4.78 is 5.88. The Labute approximate surface area is 162 Å². The first-order valence-electron chi connectivity index (χ1n) is 8.96. The van der Waals surface area contributed by atoms with Crippen molar-refractivity contribution >= 4 is 28.6 Å². The van der Waals surface area contributed by atoms with Gasteiger partial charge in [-0.25, -0.2) is 0 Å². The highest BCUT2D eigenvalue weighted by molar-refractivity contribution is 6.03. The molecule has 5 nitrogen and oxygen atoms in total. The standard InChI is InChI=1S/C23H19N3O2/c27-23(13-11-17-10-12-19-15-24-26-21(19)14-17)25-20-8-4-5-9-22(20)28-16-18-6-2-1-3-7-18/h1-15H,16H2,(H,24,26)(H,25,27)/b13-11+. The number of carbonyl (C=O) groups is 1. The number of aromatic nitrogens is 2. The second-order valence-corrected chi connectivity index (χ2v) is 6.31. The minimum absolute atomic E-state index is 0.222. The van der Waals surface area contributed by atoms with Gasteiger partial charge in [-0.3, -0.25) is 9.89 Å². The van der Waals surface area contributed by atoms with Gasteiger partial charge in [0.15, 0.2) is 0 Å². The number of hydrogen-bond donors (Lipinski definition) is 2. The highest BCUT2D eigenvalue weighted by Gasteiger charge is 2.06. The van der Waals surface area contributed by atoms with E-state index in [1.54, 1.807) is 12.3 Å². The van der Waals surface area contributed by atoms with Crippen LogP contribution in [-0.4, -0.2) is 16.1 Å². The zero-order valence-electron chi connectivity index (χ0n) is 15.1. The third-order valence-electron chi connectivity index (χ3n) is 4.28. The largest absolute Gasteiger partial charge is 0.487 e. The van der Waals surface area contributed by atoms with E-state index in [1.165, 1.54) is 6.08 Å². The molecule has 0 bridgehead atoms. The molecule has 0 spiro atoms. The summed E-state index contributed by atoms with van der Waals surface area (Å²) in [5, 5.41) is 10.8. The smallest absolute Gasteiger partial charge is 0.248 e. The SMILES string of the molecule is O=C(/C=C/c1ccc2cn[nH]c2c1)Nc1ccccc1OCc1ccccc1. The summed E-state index contributed by atoms with van der Waals surface area (Å²) in [6.07, 6.45) is 5.04. The molecule has 0 aliphatic rings. The lowest BCUT2D eigenvalue weighted by Gasteiger charge is -2.11. The zero-order chi connectivity index (χ0) is 19.2. The predicted octanol–water partition coefficient (Wildman–Crippen LogP) is 4.79. The molecule has 0 fully saturated rings. The molecule has 1 aromatic heterocycles. The number of H-pyrrole nitrogens is 1. The second kappa shape index (κ2) is 8.22. The van der Waals surface area contributed by atoms with Gasteiger partial charge in [0.05, 0.1) is 17.4 Å². The predicted molar refractivity (Wildman–Crippen MR) is 111 cm³/mol. The van der Waals surface area contributed by atoms with Crippen LogP contribution in [0.15, 0.2) is 85.1 Å². The van der Waals surface area contributed by atoms with E-state index in [0.29, 0.717) is 18.0 Å². The maximum atomic E-state index is 12.4. The molecule has 0 unspecified atom stereocenters. The van der Waals surface area contributed by atoms with Crippen molar-refractivity contribution in [2.24, 2.45) is 0 Å². The summed E-state index contributed by atoms with van der Waals surface area (Å²) in [5.41, 5.74) is 3.55. The first kappa shape index (κ1) is 17.5. The summed E-state index contributed by atoms with van der Waals surface area (Å²) in [7, 11) is 0. The summed E-state index contributed by atoms with van der Waals surface area (Å²) in [5.74, 6) is 0.410. The number of rotatable bonds is 6. The molecule has 2 N–H and O–H groups in total. The average molecular weight is 369 g/mol. The average Bonchev–Trinajstić information content (AvgIpc) is 3.20. The van der Waals surface area contributed by atoms with Crippen LogP contribution in [0.4, 0.5) is 5.69 Å². The van der Waals surface area contributed by atoms with Crippen LogP contribution >= 0.6 is 0 Å². The van der Waals surface area contributed by atoms with Crippen molar-refractivity contribution in [2.45, 2.75) is 6.61 Å². The lowest BCUT2D eigenvalue weighted by molar-refractivity contribution is -0.111. The molecule has 138 valence electrons. The van der Waals surface area contributed by atoms with Gasteiger partial charge < -0.3 is 10.1 Å². The Morgan fingerprint density at radius 2 is 1.86 bits per heavy atom. The van der Waals surface area contributed by atoms with Gasteiger partial charge in [-0.05, 0) is 35.4 Å². The fourth-order valence-electron chi connectivity index (χ4n) is 2.84. The molecule has 4 aromatic rings.